The van der Waals surface area contributed by atoms with Gasteiger partial charge in [0, 0.05) is 25.8 Å². The number of amides is 1. The Kier molecular flexibility index (Phi) is 6.90. The number of rotatable bonds is 3. The van der Waals surface area contributed by atoms with Crippen molar-refractivity contribution in [2.75, 3.05) is 38.6 Å². The largest absolute Gasteiger partial charge is 1.00 e. The third-order valence-corrected chi connectivity index (χ3v) is 7.17. The van der Waals surface area contributed by atoms with Gasteiger partial charge in [0.15, 0.2) is 6.10 Å². The summed E-state index contributed by atoms with van der Waals surface area (Å²) < 4.78 is 22.0. The molecule has 5 rings (SSSR count). The number of halogens is 2. The molecule has 4 nitrogen and oxygen atoms in total. The van der Waals surface area contributed by atoms with E-state index in [0.29, 0.717) is 11.6 Å². The van der Waals surface area contributed by atoms with Crippen LogP contribution < -0.4 is 28.9 Å². The van der Waals surface area contributed by atoms with Crippen molar-refractivity contribution >= 4 is 11.8 Å². The number of anilines is 1. The van der Waals surface area contributed by atoms with Crippen LogP contribution in [-0.2, 0) is 4.74 Å². The van der Waals surface area contributed by atoms with Crippen LogP contribution >= 0.6 is 0 Å². The fraction of sp³-hybridized carbons (Fsp3) is 0.682. The first-order chi connectivity index (χ1) is 13.0. The molecule has 4 aliphatic rings. The molecule has 3 saturated heterocycles. The molecule has 6 heteroatoms. The quantitative estimate of drug-likeness (QED) is 0.466. The second-order valence-electron chi connectivity index (χ2n) is 9.08. The molecule has 0 unspecified atom stereocenters. The van der Waals surface area contributed by atoms with Gasteiger partial charge in [-0.2, -0.15) is 0 Å². The average molecular weight is 502 g/mol. The summed E-state index contributed by atoms with van der Waals surface area (Å²) in [6.07, 6.45) is 7.39. The molecule has 1 aromatic carbocycles. The first kappa shape index (κ1) is 21.8. The normalized spacial score (nSPS) is 29.8. The van der Waals surface area contributed by atoms with E-state index in [0.717, 1.165) is 55.1 Å². The third kappa shape index (κ3) is 4.32. The third-order valence-electron chi connectivity index (χ3n) is 7.17. The Morgan fingerprint density at radius 1 is 1.14 bits per heavy atom. The van der Waals surface area contributed by atoms with E-state index >= 15 is 4.39 Å². The lowest BCUT2D eigenvalue weighted by molar-refractivity contribution is -0.928. The Bertz CT molecular complexity index is 700. The lowest BCUT2D eigenvalue weighted by Crippen LogP contribution is -3.00. The molecule has 3 heterocycles. The lowest BCUT2D eigenvalue weighted by atomic mass is 9.83. The highest BCUT2D eigenvalue weighted by Crippen LogP contribution is 2.37. The molecule has 2 bridgehead atoms. The topological polar surface area (TPSA) is 29.5 Å². The van der Waals surface area contributed by atoms with E-state index in [-0.39, 0.29) is 41.8 Å². The molecule has 1 atom stereocenters. The molecule has 1 amide bonds. The molecule has 156 valence electrons. The Morgan fingerprint density at radius 2 is 1.82 bits per heavy atom. The highest BCUT2D eigenvalue weighted by Gasteiger charge is 2.45. The summed E-state index contributed by atoms with van der Waals surface area (Å²) in [7, 11) is 3.87. The summed E-state index contributed by atoms with van der Waals surface area (Å²) in [5, 5.41) is 0. The number of quaternary nitrogens is 1. The molecule has 0 N–H and O–H groups in total. The number of carbonyl (C=O) groups is 1. The number of nitrogens with zero attached hydrogens (tertiary/aromatic N) is 2. The van der Waals surface area contributed by atoms with Gasteiger partial charge in [-0.25, -0.2) is 9.18 Å². The maximum absolute atomic E-state index is 15.2. The van der Waals surface area contributed by atoms with E-state index < -0.39 is 6.09 Å². The Labute approximate surface area is 185 Å². The van der Waals surface area contributed by atoms with Crippen LogP contribution in [0.25, 0.3) is 0 Å². The molecule has 1 aromatic rings. The number of piperidine rings is 3. The van der Waals surface area contributed by atoms with Gasteiger partial charge >= 0.3 is 6.09 Å². The second-order valence-corrected chi connectivity index (χ2v) is 9.08. The number of carbonyl (C=O) groups excluding carboxylic acids is 1. The maximum Gasteiger partial charge on any atom is 0.414 e. The number of ether oxygens (including phenoxy) is 1. The molecule has 0 aromatic heterocycles. The van der Waals surface area contributed by atoms with Gasteiger partial charge in [0.05, 0.1) is 25.8 Å². The first-order valence-electron chi connectivity index (χ1n) is 10.5. The van der Waals surface area contributed by atoms with E-state index in [2.05, 4.69) is 7.05 Å². The zero-order chi connectivity index (χ0) is 19.0. The van der Waals surface area contributed by atoms with Crippen LogP contribution in [0, 0.1) is 11.7 Å². The number of hydrogen-bond acceptors (Lipinski definition) is 2. The van der Waals surface area contributed by atoms with Gasteiger partial charge < -0.3 is 33.2 Å². The van der Waals surface area contributed by atoms with Gasteiger partial charge in [-0.05, 0) is 30.4 Å². The minimum atomic E-state index is -0.431. The van der Waals surface area contributed by atoms with Crippen molar-refractivity contribution < 1.29 is 42.4 Å². The standard InChI is InChI=1S/C22H32FN2O2.HI/c1-24(22(26)27-20-15-25(2)13-11-17(20)12-14-25)19-10-6-9-18(21(19)23)16-7-4-3-5-8-16;/h6,9-10,16-17,20H,3-5,7-8,11-15H2,1-2H3;1H/q+1;/p-1/t17?,20-,25?;/m0./s1. The van der Waals surface area contributed by atoms with Gasteiger partial charge in [-0.3, -0.25) is 4.90 Å². The summed E-state index contributed by atoms with van der Waals surface area (Å²) in [4.78, 5) is 14.1. The van der Waals surface area contributed by atoms with Gasteiger partial charge in [-0.15, -0.1) is 0 Å². The van der Waals surface area contributed by atoms with Gasteiger partial charge in [-0.1, -0.05) is 31.4 Å². The summed E-state index contributed by atoms with van der Waals surface area (Å²) in [5.41, 5.74) is 1.09. The second kappa shape index (κ2) is 8.86. The highest BCUT2D eigenvalue weighted by atomic mass is 127. The van der Waals surface area contributed by atoms with Crippen LogP contribution in [-0.4, -0.2) is 50.4 Å². The summed E-state index contributed by atoms with van der Waals surface area (Å²) >= 11 is 0. The first-order valence-corrected chi connectivity index (χ1v) is 10.5. The van der Waals surface area contributed by atoms with Gasteiger partial charge in [0.2, 0.25) is 0 Å². The maximum atomic E-state index is 15.2. The smallest absolute Gasteiger partial charge is 0.414 e. The average Bonchev–Trinajstić information content (AvgIpc) is 2.68. The monoisotopic (exact) mass is 502 g/mol. The van der Waals surface area contributed by atoms with Crippen molar-refractivity contribution in [3.8, 4) is 0 Å². The molecule has 4 fully saturated rings. The molecule has 3 aliphatic heterocycles. The molecule has 0 spiro atoms. The predicted molar refractivity (Wildman–Crippen MR) is 104 cm³/mol. The summed E-state index contributed by atoms with van der Waals surface area (Å²) in [6, 6.07) is 5.44. The zero-order valence-corrected chi connectivity index (χ0v) is 19.2. The number of hydrogen-bond donors (Lipinski definition) is 0. The van der Waals surface area contributed by atoms with Crippen molar-refractivity contribution in [1.29, 1.82) is 0 Å². The van der Waals surface area contributed by atoms with Gasteiger partial charge in [0.1, 0.15) is 12.4 Å². The van der Waals surface area contributed by atoms with E-state index in [9.17, 15) is 4.79 Å². The SMILES string of the molecule is CN(C(=O)O[C@H]1C[N+]2(C)CCC1CC2)c1cccc(C2CCCCC2)c1F.[I-]. The van der Waals surface area contributed by atoms with Crippen LogP contribution in [0.2, 0.25) is 0 Å². The lowest BCUT2D eigenvalue weighted by Gasteiger charge is -2.49. The van der Waals surface area contributed by atoms with Crippen LogP contribution in [0.1, 0.15) is 56.4 Å². The van der Waals surface area contributed by atoms with Crippen molar-refractivity contribution in [2.45, 2.75) is 57.0 Å². The number of benzene rings is 1. The van der Waals surface area contributed by atoms with Crippen LogP contribution in [0.4, 0.5) is 14.9 Å². The summed E-state index contributed by atoms with van der Waals surface area (Å²) in [5.74, 6) is 0.479. The fourth-order valence-corrected chi connectivity index (χ4v) is 5.31. The van der Waals surface area contributed by atoms with Gasteiger partial charge in [0.25, 0.3) is 0 Å². The molecule has 0 radical (unpaired) electrons. The van der Waals surface area contributed by atoms with Crippen molar-refractivity contribution in [2.24, 2.45) is 5.92 Å². The molecule has 1 saturated carbocycles. The van der Waals surface area contributed by atoms with E-state index in [4.69, 9.17) is 4.74 Å². The van der Waals surface area contributed by atoms with Crippen LogP contribution in [0.5, 0.6) is 0 Å². The van der Waals surface area contributed by atoms with Crippen LogP contribution in [0.3, 0.4) is 0 Å². The highest BCUT2D eigenvalue weighted by molar-refractivity contribution is 5.87. The molecular formula is C22H32FIN2O2. The van der Waals surface area contributed by atoms with Crippen molar-refractivity contribution in [3.05, 3.63) is 29.6 Å². The predicted octanol–water partition coefficient (Wildman–Crippen LogP) is 1.69. The molecular weight excluding hydrogens is 470 g/mol. The Hall–Kier alpha value is -0.890. The Balaban J connectivity index is 0.00000225. The van der Waals surface area contributed by atoms with E-state index in [1.54, 1.807) is 13.1 Å². The molecule has 28 heavy (non-hydrogen) atoms. The number of likely N-dealkylation sites (N-methyl/N-ethyl adjacent to an activating group) is 1. The minimum absolute atomic E-state index is 0. The minimum Gasteiger partial charge on any atom is -1.00 e. The Morgan fingerprint density at radius 3 is 2.46 bits per heavy atom. The molecule has 1 aliphatic carbocycles. The summed E-state index contributed by atoms with van der Waals surface area (Å²) in [6.45, 7) is 3.23. The van der Waals surface area contributed by atoms with Crippen molar-refractivity contribution in [1.82, 2.24) is 0 Å². The fourth-order valence-electron chi connectivity index (χ4n) is 5.31. The van der Waals surface area contributed by atoms with Crippen molar-refractivity contribution in [3.63, 3.8) is 0 Å². The number of fused-ring (bicyclic) bond motifs is 3. The van der Waals surface area contributed by atoms with E-state index in [1.807, 2.05) is 12.1 Å². The van der Waals surface area contributed by atoms with Crippen LogP contribution in [0.15, 0.2) is 18.2 Å². The zero-order valence-electron chi connectivity index (χ0n) is 17.0. The van der Waals surface area contributed by atoms with E-state index in [1.165, 1.54) is 24.4 Å².